The molecule has 0 aliphatic carbocycles. The maximum absolute atomic E-state index is 3.62. The second kappa shape index (κ2) is 13.4. The molecule has 0 aliphatic heterocycles. The molecule has 2 nitrogen and oxygen atoms in total. The fourth-order valence-corrected chi connectivity index (χ4v) is 2.27. The molecule has 0 spiro atoms. The zero-order valence-corrected chi connectivity index (χ0v) is 13.3. The maximum Gasteiger partial charge on any atom is 0.0166 e. The van der Waals surface area contributed by atoms with E-state index in [1.807, 2.05) is 0 Å². The number of rotatable bonds is 13. The molecule has 0 heterocycles. The number of likely N-dealkylation sites (N-methyl/N-ethyl adjacent to an activating group) is 1. The minimum atomic E-state index is 0.625. The molecule has 2 heteroatoms. The molecule has 0 rings (SSSR count). The van der Waals surface area contributed by atoms with E-state index in [9.17, 15) is 0 Å². The van der Waals surface area contributed by atoms with Crippen molar-refractivity contribution < 1.29 is 0 Å². The lowest BCUT2D eigenvalue weighted by Gasteiger charge is -2.20. The van der Waals surface area contributed by atoms with Crippen LogP contribution in [0.5, 0.6) is 0 Å². The average molecular weight is 256 g/mol. The van der Waals surface area contributed by atoms with E-state index < -0.39 is 0 Å². The van der Waals surface area contributed by atoms with E-state index in [1.165, 1.54) is 57.9 Å². The van der Waals surface area contributed by atoms with Crippen LogP contribution in [-0.2, 0) is 0 Å². The second-order valence-corrected chi connectivity index (χ2v) is 5.68. The average Bonchev–Trinajstić information content (AvgIpc) is 2.36. The van der Waals surface area contributed by atoms with E-state index in [0.29, 0.717) is 6.04 Å². The highest BCUT2D eigenvalue weighted by molar-refractivity contribution is 4.64. The van der Waals surface area contributed by atoms with Gasteiger partial charge in [0.2, 0.25) is 0 Å². The molecule has 1 N–H and O–H groups in total. The van der Waals surface area contributed by atoms with Gasteiger partial charge in [0.05, 0.1) is 0 Å². The summed E-state index contributed by atoms with van der Waals surface area (Å²) >= 11 is 0. The Hall–Kier alpha value is -0.0800. The summed E-state index contributed by atoms with van der Waals surface area (Å²) in [7, 11) is 2.19. The SMILES string of the molecule is CCCCCCCCCCNC(C)CN(C)CC. The van der Waals surface area contributed by atoms with Gasteiger partial charge in [-0.25, -0.2) is 0 Å². The third-order valence-corrected chi connectivity index (χ3v) is 3.65. The summed E-state index contributed by atoms with van der Waals surface area (Å²) in [4.78, 5) is 2.37. The molecule has 1 unspecified atom stereocenters. The second-order valence-electron chi connectivity index (χ2n) is 5.68. The molecule has 0 radical (unpaired) electrons. The van der Waals surface area contributed by atoms with Gasteiger partial charge in [0.15, 0.2) is 0 Å². The Labute approximate surface area is 116 Å². The van der Waals surface area contributed by atoms with Gasteiger partial charge in [0.1, 0.15) is 0 Å². The molecule has 110 valence electrons. The van der Waals surface area contributed by atoms with Crippen molar-refractivity contribution >= 4 is 0 Å². The number of hydrogen-bond donors (Lipinski definition) is 1. The first-order valence-corrected chi connectivity index (χ1v) is 8.12. The largest absolute Gasteiger partial charge is 0.313 e. The summed E-state index contributed by atoms with van der Waals surface area (Å²) in [5.41, 5.74) is 0. The van der Waals surface area contributed by atoms with Crippen molar-refractivity contribution in [2.75, 3.05) is 26.7 Å². The summed E-state index contributed by atoms with van der Waals surface area (Å²) in [6, 6.07) is 0.625. The van der Waals surface area contributed by atoms with E-state index in [2.05, 4.69) is 38.0 Å². The fourth-order valence-electron chi connectivity index (χ4n) is 2.27. The molecule has 0 amide bonds. The van der Waals surface area contributed by atoms with Gasteiger partial charge in [0.25, 0.3) is 0 Å². The van der Waals surface area contributed by atoms with Gasteiger partial charge in [0, 0.05) is 12.6 Å². The van der Waals surface area contributed by atoms with Gasteiger partial charge < -0.3 is 10.2 Å². The normalized spacial score (nSPS) is 13.2. The van der Waals surface area contributed by atoms with E-state index in [4.69, 9.17) is 0 Å². The summed E-state index contributed by atoms with van der Waals surface area (Å²) in [5, 5.41) is 3.62. The molecule has 1 atom stereocenters. The van der Waals surface area contributed by atoms with Gasteiger partial charge in [-0.3, -0.25) is 0 Å². The Morgan fingerprint density at radius 1 is 0.889 bits per heavy atom. The fraction of sp³-hybridized carbons (Fsp3) is 1.00. The first-order valence-electron chi connectivity index (χ1n) is 8.12. The van der Waals surface area contributed by atoms with E-state index in [-0.39, 0.29) is 0 Å². The van der Waals surface area contributed by atoms with Gasteiger partial charge in [-0.15, -0.1) is 0 Å². The van der Waals surface area contributed by atoms with Gasteiger partial charge in [-0.2, -0.15) is 0 Å². The molecule has 0 aliphatic rings. The first-order chi connectivity index (χ1) is 8.70. The van der Waals surface area contributed by atoms with Crippen LogP contribution in [0.4, 0.5) is 0 Å². The van der Waals surface area contributed by atoms with Gasteiger partial charge >= 0.3 is 0 Å². The standard InChI is InChI=1S/C16H36N2/c1-5-7-8-9-10-11-12-13-14-17-16(3)15-18(4)6-2/h16-17H,5-15H2,1-4H3. The molecular formula is C16H36N2. The molecule has 0 aromatic carbocycles. The molecule has 0 saturated heterocycles. The van der Waals surface area contributed by atoms with Gasteiger partial charge in [-0.05, 0) is 33.5 Å². The highest BCUT2D eigenvalue weighted by atomic mass is 15.1. The lowest BCUT2D eigenvalue weighted by Crippen LogP contribution is -2.37. The van der Waals surface area contributed by atoms with Crippen molar-refractivity contribution in [1.82, 2.24) is 10.2 Å². The van der Waals surface area contributed by atoms with E-state index in [1.54, 1.807) is 0 Å². The smallest absolute Gasteiger partial charge is 0.0166 e. The molecule has 0 aromatic rings. The molecule has 0 fully saturated rings. The van der Waals surface area contributed by atoms with Crippen molar-refractivity contribution in [2.24, 2.45) is 0 Å². The predicted molar refractivity (Wildman–Crippen MR) is 83.2 cm³/mol. The van der Waals surface area contributed by atoms with Crippen molar-refractivity contribution in [1.29, 1.82) is 0 Å². The van der Waals surface area contributed by atoms with Crippen LogP contribution in [0.15, 0.2) is 0 Å². The molecule has 0 bridgehead atoms. The van der Waals surface area contributed by atoms with Crippen LogP contribution >= 0.6 is 0 Å². The first kappa shape index (κ1) is 17.9. The predicted octanol–water partition coefficient (Wildman–Crippen LogP) is 4.06. The lowest BCUT2D eigenvalue weighted by molar-refractivity contribution is 0.309. The Balaban J connectivity index is 3.15. The van der Waals surface area contributed by atoms with Crippen LogP contribution in [0.1, 0.15) is 72.1 Å². The highest BCUT2D eigenvalue weighted by Gasteiger charge is 2.03. The topological polar surface area (TPSA) is 15.3 Å². The lowest BCUT2D eigenvalue weighted by atomic mass is 10.1. The quantitative estimate of drug-likeness (QED) is 0.500. The van der Waals surface area contributed by atoms with Crippen molar-refractivity contribution in [3.63, 3.8) is 0 Å². The summed E-state index contributed by atoms with van der Waals surface area (Å²) in [6.45, 7) is 10.3. The van der Waals surface area contributed by atoms with Crippen LogP contribution < -0.4 is 5.32 Å². The molecule has 0 saturated carbocycles. The zero-order valence-electron chi connectivity index (χ0n) is 13.3. The highest BCUT2D eigenvalue weighted by Crippen LogP contribution is 2.07. The number of hydrogen-bond acceptors (Lipinski definition) is 2. The van der Waals surface area contributed by atoms with Crippen molar-refractivity contribution in [3.05, 3.63) is 0 Å². The summed E-state index contributed by atoms with van der Waals surface area (Å²) < 4.78 is 0. The van der Waals surface area contributed by atoms with Crippen LogP contribution in [0.3, 0.4) is 0 Å². The van der Waals surface area contributed by atoms with Crippen molar-refractivity contribution in [3.8, 4) is 0 Å². The molecule has 18 heavy (non-hydrogen) atoms. The minimum absolute atomic E-state index is 0.625. The third-order valence-electron chi connectivity index (χ3n) is 3.65. The third kappa shape index (κ3) is 12.4. The van der Waals surface area contributed by atoms with E-state index in [0.717, 1.165) is 13.1 Å². The van der Waals surface area contributed by atoms with E-state index >= 15 is 0 Å². The summed E-state index contributed by atoms with van der Waals surface area (Å²) in [6.07, 6.45) is 11.3. The van der Waals surface area contributed by atoms with Crippen LogP contribution in [0.25, 0.3) is 0 Å². The molecule has 0 aromatic heterocycles. The maximum atomic E-state index is 3.62. The number of nitrogens with one attached hydrogen (secondary N) is 1. The van der Waals surface area contributed by atoms with Crippen molar-refractivity contribution in [2.45, 2.75) is 78.2 Å². The number of nitrogens with zero attached hydrogens (tertiary/aromatic N) is 1. The zero-order chi connectivity index (χ0) is 13.6. The number of unbranched alkanes of at least 4 members (excludes halogenated alkanes) is 7. The van der Waals surface area contributed by atoms with Crippen LogP contribution in [-0.4, -0.2) is 37.6 Å². The minimum Gasteiger partial charge on any atom is -0.313 e. The Morgan fingerprint density at radius 2 is 1.44 bits per heavy atom. The molecular weight excluding hydrogens is 220 g/mol. The Morgan fingerprint density at radius 3 is 2.00 bits per heavy atom. The monoisotopic (exact) mass is 256 g/mol. The Bertz CT molecular complexity index is 159. The van der Waals surface area contributed by atoms with Gasteiger partial charge in [-0.1, -0.05) is 58.8 Å². The van der Waals surface area contributed by atoms with Crippen LogP contribution in [0, 0.1) is 0 Å². The Kier molecular flexibility index (Phi) is 13.3. The van der Waals surface area contributed by atoms with Crippen LogP contribution in [0.2, 0.25) is 0 Å². The summed E-state index contributed by atoms with van der Waals surface area (Å²) in [5.74, 6) is 0.